The average Bonchev–Trinajstić information content (AvgIpc) is 3.39. The Bertz CT molecular complexity index is 857. The number of nitrogens with zero attached hydrogens (tertiary/aromatic N) is 1. The van der Waals surface area contributed by atoms with Gasteiger partial charge in [0, 0.05) is 11.5 Å². The molecule has 144 valence electrons. The lowest BCUT2D eigenvalue weighted by Gasteiger charge is -2.17. The molecule has 1 heterocycles. The van der Waals surface area contributed by atoms with Gasteiger partial charge < -0.3 is 9.26 Å². The second kappa shape index (κ2) is 8.31. The second-order valence-corrected chi connectivity index (χ2v) is 7.25. The predicted molar refractivity (Wildman–Crippen MR) is 103 cm³/mol. The summed E-state index contributed by atoms with van der Waals surface area (Å²) in [5.74, 6) is 0.441. The van der Waals surface area contributed by atoms with Crippen molar-refractivity contribution in [3.05, 3.63) is 45.3 Å². The molecule has 1 amide bonds. The van der Waals surface area contributed by atoms with E-state index in [-0.39, 0.29) is 39.1 Å². The van der Waals surface area contributed by atoms with E-state index >= 15 is 0 Å². The van der Waals surface area contributed by atoms with E-state index in [1.807, 2.05) is 13.8 Å². The number of ketones is 1. The molecule has 3 rings (SSSR count). The molecule has 8 heteroatoms. The van der Waals surface area contributed by atoms with Crippen molar-refractivity contribution in [2.45, 2.75) is 51.6 Å². The molecular weight excluding hydrogens is 391 g/mol. The van der Waals surface area contributed by atoms with Crippen LogP contribution in [0.15, 0.2) is 22.9 Å². The van der Waals surface area contributed by atoms with Gasteiger partial charge in [0.15, 0.2) is 11.5 Å². The first kappa shape index (κ1) is 19.7. The third-order valence-electron chi connectivity index (χ3n) is 4.54. The summed E-state index contributed by atoms with van der Waals surface area (Å²) in [4.78, 5) is 25.3. The van der Waals surface area contributed by atoms with E-state index in [0.717, 1.165) is 12.8 Å². The molecule has 0 radical (unpaired) electrons. The first-order chi connectivity index (χ1) is 13.0. The van der Waals surface area contributed by atoms with Gasteiger partial charge in [-0.15, -0.1) is 0 Å². The van der Waals surface area contributed by atoms with Crippen LogP contribution in [0.5, 0.6) is 0 Å². The van der Waals surface area contributed by atoms with E-state index in [0.29, 0.717) is 24.2 Å². The summed E-state index contributed by atoms with van der Waals surface area (Å²) in [7, 11) is 0. The fourth-order valence-electron chi connectivity index (χ4n) is 2.80. The van der Waals surface area contributed by atoms with Crippen LogP contribution in [-0.2, 0) is 4.74 Å². The SMILES string of the molecule is CCC(CC)OC(=O)Nc1c(C(=O)c2cnoc2C2CC2)ccc(Cl)c1Cl. The maximum Gasteiger partial charge on any atom is 0.411 e. The lowest BCUT2D eigenvalue weighted by molar-refractivity contribution is 0.103. The number of anilines is 1. The average molecular weight is 411 g/mol. The summed E-state index contributed by atoms with van der Waals surface area (Å²) in [6.07, 6.45) is 3.78. The van der Waals surface area contributed by atoms with Crippen LogP contribution >= 0.6 is 23.2 Å². The number of rotatable bonds is 7. The van der Waals surface area contributed by atoms with Crippen LogP contribution in [0.4, 0.5) is 10.5 Å². The van der Waals surface area contributed by atoms with Gasteiger partial charge in [-0.3, -0.25) is 10.1 Å². The molecule has 27 heavy (non-hydrogen) atoms. The maximum atomic E-state index is 13.1. The number of ether oxygens (including phenoxy) is 1. The van der Waals surface area contributed by atoms with Crippen molar-refractivity contribution in [3.8, 4) is 0 Å². The first-order valence-corrected chi connectivity index (χ1v) is 9.66. The third-order valence-corrected chi connectivity index (χ3v) is 5.35. The minimum atomic E-state index is -0.686. The van der Waals surface area contributed by atoms with Gasteiger partial charge in [-0.05, 0) is 37.8 Å². The summed E-state index contributed by atoms with van der Waals surface area (Å²) >= 11 is 12.4. The van der Waals surface area contributed by atoms with Crippen molar-refractivity contribution in [2.24, 2.45) is 0 Å². The highest BCUT2D eigenvalue weighted by Gasteiger charge is 2.33. The molecule has 0 spiro atoms. The molecular formula is C19H20Cl2N2O4. The number of nitrogens with one attached hydrogen (secondary N) is 1. The molecule has 1 N–H and O–H groups in total. The lowest BCUT2D eigenvalue weighted by Crippen LogP contribution is -2.22. The Kier molecular flexibility index (Phi) is 6.07. The molecule has 0 bridgehead atoms. The van der Waals surface area contributed by atoms with Crippen LogP contribution in [0.2, 0.25) is 10.0 Å². The van der Waals surface area contributed by atoms with Gasteiger partial charge in [0.2, 0.25) is 0 Å². The van der Waals surface area contributed by atoms with Gasteiger partial charge in [-0.1, -0.05) is 42.2 Å². The van der Waals surface area contributed by atoms with Crippen LogP contribution in [0, 0.1) is 0 Å². The van der Waals surface area contributed by atoms with Crippen molar-refractivity contribution in [3.63, 3.8) is 0 Å². The Balaban J connectivity index is 1.91. The lowest BCUT2D eigenvalue weighted by atomic mass is 10.0. The quantitative estimate of drug-likeness (QED) is 0.580. The first-order valence-electron chi connectivity index (χ1n) is 8.91. The summed E-state index contributed by atoms with van der Waals surface area (Å²) < 4.78 is 10.6. The zero-order valence-corrected chi connectivity index (χ0v) is 16.6. The number of amides is 1. The maximum absolute atomic E-state index is 13.1. The zero-order chi connectivity index (χ0) is 19.6. The van der Waals surface area contributed by atoms with Crippen molar-refractivity contribution in [1.29, 1.82) is 0 Å². The Morgan fingerprint density at radius 2 is 1.96 bits per heavy atom. The molecule has 1 saturated carbocycles. The van der Waals surface area contributed by atoms with Crippen molar-refractivity contribution >= 4 is 40.8 Å². The second-order valence-electron chi connectivity index (χ2n) is 6.46. The fourth-order valence-corrected chi connectivity index (χ4v) is 3.17. The number of hydrogen-bond donors (Lipinski definition) is 1. The van der Waals surface area contributed by atoms with E-state index in [2.05, 4.69) is 10.5 Å². The molecule has 1 aliphatic carbocycles. The van der Waals surface area contributed by atoms with Crippen LogP contribution in [0.3, 0.4) is 0 Å². The van der Waals surface area contributed by atoms with Crippen LogP contribution in [0.25, 0.3) is 0 Å². The van der Waals surface area contributed by atoms with E-state index in [4.69, 9.17) is 32.5 Å². The molecule has 0 atom stereocenters. The summed E-state index contributed by atoms with van der Waals surface area (Å²) in [6, 6.07) is 3.03. The molecule has 1 aliphatic rings. The number of aromatic nitrogens is 1. The van der Waals surface area contributed by atoms with Crippen LogP contribution in [-0.4, -0.2) is 23.1 Å². The van der Waals surface area contributed by atoms with Crippen molar-refractivity contribution < 1.29 is 18.8 Å². The molecule has 6 nitrogen and oxygen atoms in total. The number of hydrogen-bond acceptors (Lipinski definition) is 5. The van der Waals surface area contributed by atoms with Gasteiger partial charge in [0.25, 0.3) is 0 Å². The monoisotopic (exact) mass is 410 g/mol. The zero-order valence-electron chi connectivity index (χ0n) is 15.1. The smallest absolute Gasteiger partial charge is 0.411 e. The fraction of sp³-hybridized carbons (Fsp3) is 0.421. The largest absolute Gasteiger partial charge is 0.446 e. The molecule has 0 aliphatic heterocycles. The molecule has 2 aromatic rings. The summed E-state index contributed by atoms with van der Waals surface area (Å²) in [6.45, 7) is 3.85. The standard InChI is InChI=1S/C19H20Cl2N2O4/c1-3-11(4-2)26-19(25)23-16-12(7-8-14(20)15(16)21)17(24)13-9-22-27-18(13)10-5-6-10/h7-11H,3-6H2,1-2H3,(H,23,25). The van der Waals surface area contributed by atoms with Crippen molar-refractivity contribution in [1.82, 2.24) is 5.16 Å². The molecule has 0 saturated heterocycles. The van der Waals surface area contributed by atoms with E-state index in [9.17, 15) is 9.59 Å². The minimum absolute atomic E-state index is 0.0773. The molecule has 1 aromatic heterocycles. The number of carbonyl (C=O) groups is 2. The van der Waals surface area contributed by atoms with Crippen LogP contribution in [0.1, 0.15) is 67.1 Å². The highest BCUT2D eigenvalue weighted by molar-refractivity contribution is 6.44. The number of halogens is 2. The van der Waals surface area contributed by atoms with Gasteiger partial charge in [0.1, 0.15) is 6.10 Å². The van der Waals surface area contributed by atoms with Gasteiger partial charge in [0.05, 0.1) is 27.5 Å². The van der Waals surface area contributed by atoms with Gasteiger partial charge in [-0.25, -0.2) is 4.79 Å². The Labute approximate surface area is 167 Å². The van der Waals surface area contributed by atoms with Crippen LogP contribution < -0.4 is 5.32 Å². The highest BCUT2D eigenvalue weighted by Crippen LogP contribution is 2.43. The third kappa shape index (κ3) is 4.28. The predicted octanol–water partition coefficient (Wildman–Crippen LogP) is 5.83. The van der Waals surface area contributed by atoms with Gasteiger partial charge >= 0.3 is 6.09 Å². The normalized spacial score (nSPS) is 13.7. The Morgan fingerprint density at radius 3 is 2.59 bits per heavy atom. The Hall–Kier alpha value is -2.05. The summed E-state index contributed by atoms with van der Waals surface area (Å²) in [5.41, 5.74) is 0.691. The van der Waals surface area contributed by atoms with E-state index in [1.54, 1.807) is 0 Å². The van der Waals surface area contributed by atoms with Crippen molar-refractivity contribution in [2.75, 3.05) is 5.32 Å². The van der Waals surface area contributed by atoms with Gasteiger partial charge in [-0.2, -0.15) is 0 Å². The highest BCUT2D eigenvalue weighted by atomic mass is 35.5. The number of carbonyl (C=O) groups excluding carboxylic acids is 2. The van der Waals surface area contributed by atoms with E-state index in [1.165, 1.54) is 18.3 Å². The Morgan fingerprint density at radius 1 is 1.26 bits per heavy atom. The molecule has 0 unspecified atom stereocenters. The topological polar surface area (TPSA) is 81.4 Å². The van der Waals surface area contributed by atoms with E-state index < -0.39 is 6.09 Å². The summed E-state index contributed by atoms with van der Waals surface area (Å²) in [5, 5.41) is 6.63. The molecule has 1 aromatic carbocycles. The number of benzene rings is 1. The molecule has 1 fully saturated rings. The minimum Gasteiger partial charge on any atom is -0.446 e.